The molecule has 2 aromatic rings. The van der Waals surface area contributed by atoms with E-state index in [1.807, 2.05) is 6.92 Å². The zero-order valence-corrected chi connectivity index (χ0v) is 16.6. The molecule has 152 valence electrons. The van der Waals surface area contributed by atoms with Crippen LogP contribution < -0.4 is 5.32 Å². The Balaban J connectivity index is 1.47. The number of ether oxygens (including phenoxy) is 1. The molecule has 0 saturated carbocycles. The quantitative estimate of drug-likeness (QED) is 0.670. The summed E-state index contributed by atoms with van der Waals surface area (Å²) >= 11 is 0. The van der Waals surface area contributed by atoms with Crippen molar-refractivity contribution in [1.29, 1.82) is 0 Å². The van der Waals surface area contributed by atoms with Crippen LogP contribution in [0.5, 0.6) is 0 Å². The van der Waals surface area contributed by atoms with E-state index >= 15 is 0 Å². The summed E-state index contributed by atoms with van der Waals surface area (Å²) in [5, 5.41) is 6.43. The molecule has 0 atom stereocenters. The highest BCUT2D eigenvalue weighted by Gasteiger charge is 2.19. The van der Waals surface area contributed by atoms with E-state index in [2.05, 4.69) is 20.4 Å². The van der Waals surface area contributed by atoms with Crippen molar-refractivity contribution in [3.8, 4) is 0 Å². The Morgan fingerprint density at radius 2 is 1.93 bits per heavy atom. The summed E-state index contributed by atoms with van der Waals surface area (Å²) in [5.74, 6) is -0.597. The first-order valence-electron chi connectivity index (χ1n) is 9.14. The summed E-state index contributed by atoms with van der Waals surface area (Å²) in [7, 11) is -3.45. The number of hydrogen-bond acceptors (Lipinski definition) is 8. The molecule has 9 nitrogen and oxygen atoms in total. The molecule has 1 N–H and O–H groups in total. The number of sulfone groups is 1. The Kier molecular flexibility index (Phi) is 6.76. The van der Waals surface area contributed by atoms with E-state index in [9.17, 15) is 13.2 Å². The first-order valence-corrected chi connectivity index (χ1v) is 10.8. The Bertz CT molecular complexity index is 889. The summed E-state index contributed by atoms with van der Waals surface area (Å²) in [6.07, 6.45) is 0.0702. The predicted molar refractivity (Wildman–Crippen MR) is 101 cm³/mol. The van der Waals surface area contributed by atoms with Gasteiger partial charge in [-0.1, -0.05) is 22.9 Å². The second-order valence-corrected chi connectivity index (χ2v) is 8.72. The molecule has 1 fully saturated rings. The summed E-state index contributed by atoms with van der Waals surface area (Å²) in [4.78, 5) is 18.5. The highest BCUT2D eigenvalue weighted by Crippen LogP contribution is 2.13. The fourth-order valence-corrected chi connectivity index (χ4v) is 4.00. The number of aryl methyl sites for hydroxylation is 2. The number of benzene rings is 1. The molecule has 0 unspecified atom stereocenters. The molecule has 1 amide bonds. The number of carbonyl (C=O) groups excluding carboxylic acids is 1. The van der Waals surface area contributed by atoms with Crippen LogP contribution in [0.3, 0.4) is 0 Å². The third-order valence-electron chi connectivity index (χ3n) is 4.45. The van der Waals surface area contributed by atoms with Gasteiger partial charge in [-0.25, -0.2) is 8.42 Å². The van der Waals surface area contributed by atoms with Crippen molar-refractivity contribution >= 4 is 15.7 Å². The van der Waals surface area contributed by atoms with Gasteiger partial charge in [-0.15, -0.1) is 0 Å². The first kappa shape index (κ1) is 20.4. The number of nitrogens with zero attached hydrogens (tertiary/aromatic N) is 3. The molecule has 0 radical (unpaired) electrons. The summed E-state index contributed by atoms with van der Waals surface area (Å²) in [6.45, 7) is 6.15. The first-order chi connectivity index (χ1) is 13.4. The Morgan fingerprint density at radius 3 is 2.64 bits per heavy atom. The number of rotatable bonds is 8. The lowest BCUT2D eigenvalue weighted by atomic mass is 10.2. The second-order valence-electron chi connectivity index (χ2n) is 6.61. The molecule has 3 rings (SSSR count). The normalized spacial score (nSPS) is 15.5. The molecule has 1 saturated heterocycles. The van der Waals surface area contributed by atoms with Crippen LogP contribution in [-0.2, 0) is 21.0 Å². The molecule has 0 bridgehead atoms. The van der Waals surface area contributed by atoms with Crippen LogP contribution in [0.4, 0.5) is 0 Å². The zero-order valence-electron chi connectivity index (χ0n) is 15.8. The number of nitrogens with one attached hydrogen (secondary N) is 1. The molecular weight excluding hydrogens is 384 g/mol. The molecule has 10 heteroatoms. The van der Waals surface area contributed by atoms with Crippen LogP contribution in [0.15, 0.2) is 33.7 Å². The van der Waals surface area contributed by atoms with Crippen LogP contribution in [0.2, 0.25) is 0 Å². The Hall–Kier alpha value is -2.30. The van der Waals surface area contributed by atoms with Crippen LogP contribution in [0.25, 0.3) is 0 Å². The number of morpholine rings is 1. The maximum absolute atomic E-state index is 12.4. The molecule has 0 spiro atoms. The Morgan fingerprint density at radius 1 is 1.21 bits per heavy atom. The minimum Gasteiger partial charge on any atom is -0.379 e. The van der Waals surface area contributed by atoms with Gasteiger partial charge < -0.3 is 14.6 Å². The highest BCUT2D eigenvalue weighted by atomic mass is 32.2. The van der Waals surface area contributed by atoms with Crippen LogP contribution in [0, 0.1) is 6.92 Å². The number of aromatic nitrogens is 2. The summed E-state index contributed by atoms with van der Waals surface area (Å²) < 4.78 is 35.0. The van der Waals surface area contributed by atoms with Crippen LogP contribution >= 0.6 is 0 Å². The van der Waals surface area contributed by atoms with Gasteiger partial charge in [0.15, 0.2) is 15.7 Å². The predicted octanol–water partition coefficient (Wildman–Crippen LogP) is 0.456. The van der Waals surface area contributed by atoms with E-state index in [0.29, 0.717) is 26.3 Å². The Labute approximate surface area is 164 Å². The van der Waals surface area contributed by atoms with Crippen LogP contribution in [0.1, 0.15) is 22.1 Å². The van der Waals surface area contributed by atoms with Crippen molar-refractivity contribution in [2.75, 3.05) is 45.1 Å². The minimum absolute atomic E-state index is 0.0702. The SMILES string of the molecule is Cc1ccc(S(=O)(=O)CCc2noc(C(=O)NCCN3CCOCC3)n2)cc1. The maximum Gasteiger partial charge on any atom is 0.315 e. The summed E-state index contributed by atoms with van der Waals surface area (Å²) in [5.41, 5.74) is 0.987. The van der Waals surface area contributed by atoms with Gasteiger partial charge in [0.25, 0.3) is 0 Å². The molecule has 1 aromatic heterocycles. The van der Waals surface area contributed by atoms with E-state index in [0.717, 1.165) is 18.7 Å². The van der Waals surface area contributed by atoms with Crippen molar-refractivity contribution in [2.45, 2.75) is 18.2 Å². The lowest BCUT2D eigenvalue weighted by molar-refractivity contribution is 0.0382. The molecule has 1 aromatic carbocycles. The maximum atomic E-state index is 12.4. The van der Waals surface area contributed by atoms with Gasteiger partial charge in [-0.3, -0.25) is 9.69 Å². The molecule has 1 aliphatic heterocycles. The van der Waals surface area contributed by atoms with Crippen molar-refractivity contribution in [2.24, 2.45) is 0 Å². The number of carbonyl (C=O) groups is 1. The van der Waals surface area contributed by atoms with Crippen molar-refractivity contribution in [3.05, 3.63) is 41.5 Å². The van der Waals surface area contributed by atoms with Gasteiger partial charge in [-0.05, 0) is 19.1 Å². The lowest BCUT2D eigenvalue weighted by Crippen LogP contribution is -2.41. The van der Waals surface area contributed by atoms with E-state index in [-0.39, 0.29) is 28.8 Å². The molecule has 2 heterocycles. The highest BCUT2D eigenvalue weighted by molar-refractivity contribution is 7.91. The van der Waals surface area contributed by atoms with E-state index in [1.54, 1.807) is 24.3 Å². The van der Waals surface area contributed by atoms with Crippen molar-refractivity contribution in [1.82, 2.24) is 20.4 Å². The smallest absolute Gasteiger partial charge is 0.315 e. The van der Waals surface area contributed by atoms with E-state index in [4.69, 9.17) is 9.26 Å². The van der Waals surface area contributed by atoms with Crippen molar-refractivity contribution in [3.63, 3.8) is 0 Å². The van der Waals surface area contributed by atoms with Gasteiger partial charge >= 0.3 is 11.8 Å². The third kappa shape index (κ3) is 5.60. The van der Waals surface area contributed by atoms with Gasteiger partial charge in [0, 0.05) is 32.6 Å². The van der Waals surface area contributed by atoms with E-state index < -0.39 is 15.7 Å². The number of amides is 1. The monoisotopic (exact) mass is 408 g/mol. The standard InChI is InChI=1S/C18H24N4O5S/c1-14-2-4-15(5-3-14)28(24,25)13-6-16-20-18(27-21-16)17(23)19-7-8-22-9-11-26-12-10-22/h2-5H,6-13H2,1H3,(H,19,23). The minimum atomic E-state index is -3.45. The zero-order chi connectivity index (χ0) is 20.0. The summed E-state index contributed by atoms with van der Waals surface area (Å²) in [6, 6.07) is 6.66. The lowest BCUT2D eigenvalue weighted by Gasteiger charge is -2.26. The largest absolute Gasteiger partial charge is 0.379 e. The molecule has 1 aliphatic rings. The topological polar surface area (TPSA) is 115 Å². The van der Waals surface area contributed by atoms with Gasteiger partial charge in [0.2, 0.25) is 0 Å². The average Bonchev–Trinajstić information content (AvgIpc) is 3.17. The fraction of sp³-hybridized carbons (Fsp3) is 0.500. The average molecular weight is 408 g/mol. The second kappa shape index (κ2) is 9.26. The van der Waals surface area contributed by atoms with E-state index in [1.165, 1.54) is 0 Å². The third-order valence-corrected chi connectivity index (χ3v) is 6.19. The number of hydrogen-bond donors (Lipinski definition) is 1. The fourth-order valence-electron chi connectivity index (χ4n) is 2.76. The van der Waals surface area contributed by atoms with Crippen LogP contribution in [-0.4, -0.2) is 74.5 Å². The van der Waals surface area contributed by atoms with Gasteiger partial charge in [-0.2, -0.15) is 4.98 Å². The molecule has 0 aliphatic carbocycles. The molecule has 28 heavy (non-hydrogen) atoms. The van der Waals surface area contributed by atoms with Gasteiger partial charge in [0.1, 0.15) is 0 Å². The van der Waals surface area contributed by atoms with Crippen molar-refractivity contribution < 1.29 is 22.5 Å². The van der Waals surface area contributed by atoms with Gasteiger partial charge in [0.05, 0.1) is 23.9 Å². The molecular formula is C18H24N4O5S.